The fraction of sp³-hybridized carbons (Fsp3) is 0.231. The molecular weight excluding hydrogens is 262 g/mol. The molecule has 0 atom stereocenters. The Labute approximate surface area is 114 Å². The van der Waals surface area contributed by atoms with E-state index in [9.17, 15) is 14.4 Å². The summed E-state index contributed by atoms with van der Waals surface area (Å²) in [5.74, 6) is -1.09. The van der Waals surface area contributed by atoms with E-state index in [1.165, 1.54) is 13.4 Å². The topological polar surface area (TPSA) is 90.3 Å². The van der Waals surface area contributed by atoms with E-state index in [4.69, 9.17) is 4.74 Å². The Morgan fingerprint density at radius 3 is 2.85 bits per heavy atom. The lowest BCUT2D eigenvalue weighted by Gasteiger charge is -2.06. The van der Waals surface area contributed by atoms with Crippen molar-refractivity contribution in [3.05, 3.63) is 40.9 Å². The maximum Gasteiger partial charge on any atom is 0.326 e. The second kappa shape index (κ2) is 5.96. The number of benzene rings is 1. The maximum atomic E-state index is 12.1. The fourth-order valence-corrected chi connectivity index (χ4v) is 1.62. The van der Waals surface area contributed by atoms with E-state index in [-0.39, 0.29) is 18.7 Å². The highest BCUT2D eigenvalue weighted by molar-refractivity contribution is 5.80. The molecule has 0 fully saturated rings. The van der Waals surface area contributed by atoms with Crippen molar-refractivity contribution in [2.75, 3.05) is 13.7 Å². The van der Waals surface area contributed by atoms with Gasteiger partial charge in [-0.2, -0.15) is 0 Å². The molecule has 0 aliphatic rings. The van der Waals surface area contributed by atoms with Crippen LogP contribution in [0.4, 0.5) is 0 Å². The number of hydrogen-bond acceptors (Lipinski definition) is 5. The lowest BCUT2D eigenvalue weighted by Crippen LogP contribution is -2.29. The van der Waals surface area contributed by atoms with Gasteiger partial charge in [0.15, 0.2) is 6.61 Å². The van der Waals surface area contributed by atoms with Gasteiger partial charge in [-0.05, 0) is 12.1 Å². The molecule has 7 heteroatoms. The quantitative estimate of drug-likeness (QED) is 0.773. The summed E-state index contributed by atoms with van der Waals surface area (Å²) < 4.78 is 5.87. The number of para-hydroxylation sites is 1. The molecule has 104 valence electrons. The monoisotopic (exact) mass is 275 g/mol. The summed E-state index contributed by atoms with van der Waals surface area (Å²) >= 11 is 0. The molecule has 1 aromatic heterocycles. The van der Waals surface area contributed by atoms with Gasteiger partial charge in [0.25, 0.3) is 11.5 Å². The van der Waals surface area contributed by atoms with Crippen LogP contribution < -0.4 is 10.9 Å². The number of esters is 1. The molecule has 0 aliphatic heterocycles. The number of amides is 1. The van der Waals surface area contributed by atoms with Gasteiger partial charge in [-0.1, -0.05) is 12.1 Å². The molecule has 0 unspecified atom stereocenters. The van der Waals surface area contributed by atoms with Crippen molar-refractivity contribution in [3.8, 4) is 0 Å². The Morgan fingerprint density at radius 1 is 1.35 bits per heavy atom. The average Bonchev–Trinajstić information content (AvgIpc) is 2.48. The highest BCUT2D eigenvalue weighted by Gasteiger charge is 2.10. The van der Waals surface area contributed by atoms with Crippen molar-refractivity contribution in [1.82, 2.24) is 14.9 Å². The smallest absolute Gasteiger partial charge is 0.326 e. The van der Waals surface area contributed by atoms with Crippen molar-refractivity contribution >= 4 is 22.8 Å². The van der Waals surface area contributed by atoms with Crippen LogP contribution in [0.25, 0.3) is 10.9 Å². The van der Waals surface area contributed by atoms with Crippen LogP contribution in [0.15, 0.2) is 35.4 Å². The molecule has 0 saturated heterocycles. The number of ether oxygens (including phenoxy) is 1. The normalized spacial score (nSPS) is 10.2. The highest BCUT2D eigenvalue weighted by atomic mass is 16.5. The molecule has 0 saturated carbocycles. The van der Waals surface area contributed by atoms with Gasteiger partial charge in [-0.3, -0.25) is 19.0 Å². The van der Waals surface area contributed by atoms with Crippen LogP contribution >= 0.6 is 0 Å². The third kappa shape index (κ3) is 3.00. The first-order chi connectivity index (χ1) is 9.61. The minimum atomic E-state index is -0.673. The van der Waals surface area contributed by atoms with E-state index in [2.05, 4.69) is 10.3 Å². The largest absolute Gasteiger partial charge is 0.454 e. The Kier molecular flexibility index (Phi) is 4.09. The zero-order chi connectivity index (χ0) is 14.5. The Balaban J connectivity index is 2.14. The Morgan fingerprint density at radius 2 is 2.10 bits per heavy atom. The molecular formula is C13H13N3O4. The summed E-state index contributed by atoms with van der Waals surface area (Å²) in [5.41, 5.74) is 0.236. The molecule has 0 radical (unpaired) electrons. The van der Waals surface area contributed by atoms with E-state index in [0.717, 1.165) is 4.57 Å². The summed E-state index contributed by atoms with van der Waals surface area (Å²) in [6.07, 6.45) is 1.28. The molecule has 0 aliphatic carbocycles. The molecule has 1 heterocycles. The van der Waals surface area contributed by atoms with Gasteiger partial charge >= 0.3 is 5.97 Å². The number of nitrogens with zero attached hydrogens (tertiary/aromatic N) is 2. The van der Waals surface area contributed by atoms with Crippen LogP contribution in [-0.2, 0) is 20.9 Å². The van der Waals surface area contributed by atoms with Crippen LogP contribution in [-0.4, -0.2) is 35.1 Å². The summed E-state index contributed by atoms with van der Waals surface area (Å²) in [7, 11) is 1.44. The van der Waals surface area contributed by atoms with Crippen LogP contribution in [0.5, 0.6) is 0 Å². The molecule has 20 heavy (non-hydrogen) atoms. The van der Waals surface area contributed by atoms with Crippen molar-refractivity contribution in [1.29, 1.82) is 0 Å². The second-order valence-electron chi connectivity index (χ2n) is 4.03. The second-order valence-corrected chi connectivity index (χ2v) is 4.03. The molecule has 2 aromatic rings. The first-order valence-electron chi connectivity index (χ1n) is 5.92. The summed E-state index contributed by atoms with van der Waals surface area (Å²) in [6.45, 7) is -0.654. The van der Waals surface area contributed by atoms with Gasteiger partial charge in [-0.15, -0.1) is 0 Å². The number of likely N-dealkylation sites (N-methyl/N-ethyl adjacent to an activating group) is 1. The minimum Gasteiger partial charge on any atom is -0.454 e. The number of nitrogens with one attached hydrogen (secondary N) is 1. The van der Waals surface area contributed by atoms with Crippen molar-refractivity contribution in [3.63, 3.8) is 0 Å². The average molecular weight is 275 g/mol. The summed E-state index contributed by atoms with van der Waals surface area (Å²) in [6, 6.07) is 6.85. The predicted molar refractivity (Wildman–Crippen MR) is 71.0 cm³/mol. The summed E-state index contributed by atoms with van der Waals surface area (Å²) in [5, 5.41) is 2.75. The van der Waals surface area contributed by atoms with Gasteiger partial charge in [0.1, 0.15) is 6.54 Å². The van der Waals surface area contributed by atoms with Crippen LogP contribution in [0.2, 0.25) is 0 Å². The molecule has 1 amide bonds. The Bertz CT molecular complexity index is 708. The van der Waals surface area contributed by atoms with E-state index >= 15 is 0 Å². The molecule has 0 bridgehead atoms. The number of rotatable bonds is 4. The highest BCUT2D eigenvalue weighted by Crippen LogP contribution is 2.04. The summed E-state index contributed by atoms with van der Waals surface area (Å²) in [4.78, 5) is 38.6. The van der Waals surface area contributed by atoms with E-state index < -0.39 is 11.9 Å². The number of aromatic nitrogens is 2. The van der Waals surface area contributed by atoms with E-state index in [1.54, 1.807) is 24.3 Å². The van der Waals surface area contributed by atoms with Crippen molar-refractivity contribution < 1.29 is 14.3 Å². The minimum absolute atomic E-state index is 0.284. The van der Waals surface area contributed by atoms with Gasteiger partial charge in [-0.25, -0.2) is 4.98 Å². The molecule has 0 spiro atoms. The number of carbonyl (C=O) groups is 2. The third-order valence-corrected chi connectivity index (χ3v) is 2.67. The molecule has 2 rings (SSSR count). The predicted octanol–water partition coefficient (Wildman–Crippen LogP) is -0.314. The van der Waals surface area contributed by atoms with Gasteiger partial charge < -0.3 is 10.1 Å². The number of fused-ring (bicyclic) bond motifs is 1. The van der Waals surface area contributed by atoms with Gasteiger partial charge in [0, 0.05) is 7.05 Å². The zero-order valence-electron chi connectivity index (χ0n) is 10.8. The molecule has 1 N–H and O–H groups in total. The fourth-order valence-electron chi connectivity index (χ4n) is 1.62. The standard InChI is InChI=1S/C13H13N3O4/c1-14-11(17)7-20-12(18)6-16-8-15-10-5-3-2-4-9(10)13(16)19/h2-5,8H,6-7H2,1H3,(H,14,17). The van der Waals surface area contributed by atoms with Crippen molar-refractivity contribution in [2.24, 2.45) is 0 Å². The molecule has 1 aromatic carbocycles. The number of hydrogen-bond donors (Lipinski definition) is 1. The Hall–Kier alpha value is -2.70. The number of carbonyl (C=O) groups excluding carboxylic acids is 2. The van der Waals surface area contributed by atoms with Crippen LogP contribution in [0.1, 0.15) is 0 Å². The van der Waals surface area contributed by atoms with E-state index in [1.807, 2.05) is 0 Å². The lowest BCUT2D eigenvalue weighted by atomic mass is 10.2. The SMILES string of the molecule is CNC(=O)COC(=O)Cn1cnc2ccccc2c1=O. The first-order valence-corrected chi connectivity index (χ1v) is 5.92. The zero-order valence-corrected chi connectivity index (χ0v) is 10.8. The third-order valence-electron chi connectivity index (χ3n) is 2.67. The first kappa shape index (κ1) is 13.7. The molecule has 7 nitrogen and oxygen atoms in total. The van der Waals surface area contributed by atoms with Crippen LogP contribution in [0, 0.1) is 0 Å². The van der Waals surface area contributed by atoms with Gasteiger partial charge in [0.05, 0.1) is 17.2 Å². The van der Waals surface area contributed by atoms with E-state index in [0.29, 0.717) is 10.9 Å². The van der Waals surface area contributed by atoms with Crippen LogP contribution in [0.3, 0.4) is 0 Å². The lowest BCUT2D eigenvalue weighted by molar-refractivity contribution is -0.149. The van der Waals surface area contributed by atoms with Gasteiger partial charge in [0.2, 0.25) is 0 Å². The maximum absolute atomic E-state index is 12.1. The van der Waals surface area contributed by atoms with Crippen molar-refractivity contribution in [2.45, 2.75) is 6.54 Å².